The van der Waals surface area contributed by atoms with Crippen molar-refractivity contribution < 1.29 is 19.4 Å². The predicted octanol–water partition coefficient (Wildman–Crippen LogP) is 3.97. The first kappa shape index (κ1) is 24.5. The van der Waals surface area contributed by atoms with Crippen molar-refractivity contribution in [2.75, 3.05) is 25.1 Å². The maximum absolute atomic E-state index is 11.6. The summed E-state index contributed by atoms with van der Waals surface area (Å²) in [4.78, 5) is 11.6. The molecule has 0 aromatic heterocycles. The molecule has 1 rings (SSSR count). The molecule has 0 heterocycles. The van der Waals surface area contributed by atoms with E-state index in [1.54, 1.807) is 24.3 Å². The van der Waals surface area contributed by atoms with Gasteiger partial charge in [0, 0.05) is 17.8 Å². The molecule has 3 N–H and O–H groups in total. The van der Waals surface area contributed by atoms with Crippen LogP contribution < -0.4 is 15.4 Å². The number of amides is 1. The third-order valence-electron chi connectivity index (χ3n) is 3.39. The van der Waals surface area contributed by atoms with Crippen LogP contribution in [-0.4, -0.2) is 42.6 Å². The average Bonchev–Trinajstić information content (AvgIpc) is 2.55. The number of carbonyl (C=O) groups is 1. The smallest absolute Gasteiger partial charge is 0.411 e. The molecule has 1 aromatic carbocycles. The van der Waals surface area contributed by atoms with Crippen LogP contribution in [-0.2, 0) is 4.74 Å². The van der Waals surface area contributed by atoms with Gasteiger partial charge in [-0.05, 0) is 51.5 Å². The number of nitrogens with one attached hydrogen (secondary N) is 2. The number of aliphatic hydroxyl groups is 1. The Morgan fingerprint density at radius 3 is 2.42 bits per heavy atom. The van der Waals surface area contributed by atoms with E-state index in [-0.39, 0.29) is 24.6 Å². The lowest BCUT2D eigenvalue weighted by Gasteiger charge is -2.23. The molecular formula is C19H33ClN2O4. The fourth-order valence-electron chi connectivity index (χ4n) is 1.98. The molecule has 0 aliphatic carbocycles. The predicted molar refractivity (Wildman–Crippen MR) is 107 cm³/mol. The number of benzene rings is 1. The Bertz CT molecular complexity index is 503. The van der Waals surface area contributed by atoms with Crippen molar-refractivity contribution in [2.24, 2.45) is 0 Å². The number of anilines is 1. The van der Waals surface area contributed by atoms with Crippen LogP contribution in [0.15, 0.2) is 24.3 Å². The Morgan fingerprint density at radius 1 is 1.19 bits per heavy atom. The summed E-state index contributed by atoms with van der Waals surface area (Å²) in [6.07, 6.45) is 1.98. The van der Waals surface area contributed by atoms with Gasteiger partial charge in [0.1, 0.15) is 18.5 Å². The summed E-state index contributed by atoms with van der Waals surface area (Å²) in [5.74, 6) is 0.636. The van der Waals surface area contributed by atoms with Gasteiger partial charge in [0.2, 0.25) is 0 Å². The van der Waals surface area contributed by atoms with E-state index in [4.69, 9.17) is 9.47 Å². The van der Waals surface area contributed by atoms with E-state index in [0.717, 1.165) is 19.3 Å². The second-order valence-corrected chi connectivity index (χ2v) is 7.09. The SMILES string of the molecule is CCCCCOC(=O)Nc1ccc(OCC(O)CNC(C)(C)C)cc1.Cl. The van der Waals surface area contributed by atoms with Gasteiger partial charge >= 0.3 is 6.09 Å². The summed E-state index contributed by atoms with van der Waals surface area (Å²) >= 11 is 0. The van der Waals surface area contributed by atoms with Crippen molar-refractivity contribution >= 4 is 24.2 Å². The van der Waals surface area contributed by atoms with Crippen LogP contribution in [0.3, 0.4) is 0 Å². The lowest BCUT2D eigenvalue weighted by atomic mass is 10.1. The van der Waals surface area contributed by atoms with Gasteiger partial charge in [-0.15, -0.1) is 12.4 Å². The Labute approximate surface area is 163 Å². The number of β-amino-alcohol motifs (C(OH)–C–C–N with tert-alkyl or cyclic N) is 1. The molecule has 0 fully saturated rings. The van der Waals surface area contributed by atoms with Crippen LogP contribution in [0, 0.1) is 0 Å². The van der Waals surface area contributed by atoms with Gasteiger partial charge in [-0.25, -0.2) is 4.79 Å². The molecule has 0 aliphatic rings. The van der Waals surface area contributed by atoms with Gasteiger partial charge in [-0.2, -0.15) is 0 Å². The molecule has 0 radical (unpaired) electrons. The monoisotopic (exact) mass is 388 g/mol. The number of hydrogen-bond acceptors (Lipinski definition) is 5. The molecule has 1 aromatic rings. The van der Waals surface area contributed by atoms with Crippen molar-refractivity contribution in [1.82, 2.24) is 5.32 Å². The summed E-state index contributed by atoms with van der Waals surface area (Å²) in [7, 11) is 0. The highest BCUT2D eigenvalue weighted by Gasteiger charge is 2.12. The fourth-order valence-corrected chi connectivity index (χ4v) is 1.98. The molecule has 26 heavy (non-hydrogen) atoms. The van der Waals surface area contributed by atoms with Crippen molar-refractivity contribution in [3.05, 3.63) is 24.3 Å². The lowest BCUT2D eigenvalue weighted by Crippen LogP contribution is -2.42. The molecule has 6 nitrogen and oxygen atoms in total. The molecule has 1 atom stereocenters. The van der Waals surface area contributed by atoms with E-state index >= 15 is 0 Å². The van der Waals surface area contributed by atoms with Crippen LogP contribution in [0.25, 0.3) is 0 Å². The zero-order valence-electron chi connectivity index (χ0n) is 16.2. The van der Waals surface area contributed by atoms with Gasteiger partial charge < -0.3 is 19.9 Å². The Hall–Kier alpha value is -1.50. The minimum Gasteiger partial charge on any atom is -0.491 e. The maximum Gasteiger partial charge on any atom is 0.411 e. The standard InChI is InChI=1S/C19H32N2O4.ClH/c1-5-6-7-12-24-18(23)21-15-8-10-17(11-9-15)25-14-16(22)13-20-19(2,3)4;/h8-11,16,20,22H,5-7,12-14H2,1-4H3,(H,21,23);1H. The first-order valence-electron chi connectivity index (χ1n) is 8.90. The first-order valence-corrected chi connectivity index (χ1v) is 8.90. The lowest BCUT2D eigenvalue weighted by molar-refractivity contribution is 0.100. The average molecular weight is 389 g/mol. The number of carbonyl (C=O) groups excluding carboxylic acids is 1. The molecule has 0 spiro atoms. The van der Waals surface area contributed by atoms with Crippen LogP contribution in [0.1, 0.15) is 47.0 Å². The maximum atomic E-state index is 11.6. The fraction of sp³-hybridized carbons (Fsp3) is 0.632. The van der Waals surface area contributed by atoms with E-state index in [2.05, 4.69) is 17.6 Å². The summed E-state index contributed by atoms with van der Waals surface area (Å²) in [6.45, 7) is 9.33. The van der Waals surface area contributed by atoms with Crippen LogP contribution in [0.2, 0.25) is 0 Å². The molecule has 7 heteroatoms. The van der Waals surface area contributed by atoms with Gasteiger partial charge in [0.05, 0.1) is 6.61 Å². The summed E-state index contributed by atoms with van der Waals surface area (Å²) in [6, 6.07) is 6.97. The molecule has 150 valence electrons. The van der Waals surface area contributed by atoms with E-state index in [1.807, 2.05) is 20.8 Å². The normalized spacial score (nSPS) is 12.0. The summed E-state index contributed by atoms with van der Waals surface area (Å²) in [5, 5.41) is 15.8. The highest BCUT2D eigenvalue weighted by molar-refractivity contribution is 5.85. The minimum absolute atomic E-state index is 0. The number of rotatable bonds is 10. The highest BCUT2D eigenvalue weighted by atomic mass is 35.5. The van der Waals surface area contributed by atoms with Crippen LogP contribution in [0.5, 0.6) is 5.75 Å². The Kier molecular flexibility index (Phi) is 12.1. The van der Waals surface area contributed by atoms with E-state index in [9.17, 15) is 9.90 Å². The number of aliphatic hydroxyl groups excluding tert-OH is 1. The second-order valence-electron chi connectivity index (χ2n) is 7.09. The van der Waals surface area contributed by atoms with Crippen LogP contribution in [0.4, 0.5) is 10.5 Å². The first-order chi connectivity index (χ1) is 11.8. The van der Waals surface area contributed by atoms with E-state index < -0.39 is 12.2 Å². The van der Waals surface area contributed by atoms with Gasteiger partial charge in [-0.3, -0.25) is 5.32 Å². The quantitative estimate of drug-likeness (QED) is 0.528. The highest BCUT2D eigenvalue weighted by Crippen LogP contribution is 2.16. The minimum atomic E-state index is -0.588. The molecule has 1 unspecified atom stereocenters. The molecule has 1 amide bonds. The van der Waals surface area contributed by atoms with Crippen molar-refractivity contribution in [2.45, 2.75) is 58.6 Å². The third kappa shape index (κ3) is 12.0. The molecule has 0 saturated carbocycles. The van der Waals surface area contributed by atoms with Crippen molar-refractivity contribution in [1.29, 1.82) is 0 Å². The molecular weight excluding hydrogens is 356 g/mol. The zero-order chi connectivity index (χ0) is 18.7. The van der Waals surface area contributed by atoms with Gasteiger partial charge in [-0.1, -0.05) is 19.8 Å². The van der Waals surface area contributed by atoms with Crippen LogP contribution >= 0.6 is 12.4 Å². The molecule has 0 bridgehead atoms. The van der Waals surface area contributed by atoms with E-state index in [1.165, 1.54) is 0 Å². The zero-order valence-corrected chi connectivity index (χ0v) is 17.0. The summed E-state index contributed by atoms with van der Waals surface area (Å²) in [5.41, 5.74) is 0.599. The number of hydrogen-bond donors (Lipinski definition) is 3. The van der Waals surface area contributed by atoms with Crippen molar-refractivity contribution in [3.63, 3.8) is 0 Å². The topological polar surface area (TPSA) is 79.8 Å². The second kappa shape index (κ2) is 12.8. The van der Waals surface area contributed by atoms with Gasteiger partial charge in [0.15, 0.2) is 0 Å². The molecule has 0 aliphatic heterocycles. The number of ether oxygens (including phenoxy) is 2. The molecule has 0 saturated heterocycles. The van der Waals surface area contributed by atoms with Gasteiger partial charge in [0.25, 0.3) is 0 Å². The van der Waals surface area contributed by atoms with E-state index in [0.29, 0.717) is 24.6 Å². The largest absolute Gasteiger partial charge is 0.491 e. The number of unbranched alkanes of at least 4 members (excludes halogenated alkanes) is 2. The Balaban J connectivity index is 0.00000625. The third-order valence-corrected chi connectivity index (χ3v) is 3.39. The Morgan fingerprint density at radius 2 is 1.85 bits per heavy atom. The number of halogens is 1. The summed E-state index contributed by atoms with van der Waals surface area (Å²) < 4.78 is 10.6. The van der Waals surface area contributed by atoms with Crippen molar-refractivity contribution in [3.8, 4) is 5.75 Å².